The van der Waals surface area contributed by atoms with E-state index in [1.165, 1.54) is 6.07 Å². The van der Waals surface area contributed by atoms with Crippen LogP contribution in [-0.4, -0.2) is 25.9 Å². The molecule has 1 rings (SSSR count). The van der Waals surface area contributed by atoms with Gasteiger partial charge < -0.3 is 5.11 Å². The summed E-state index contributed by atoms with van der Waals surface area (Å²) in [6.07, 6.45) is 0.244. The Kier molecular flexibility index (Phi) is 5.05. The molecule has 0 saturated carbocycles. The van der Waals surface area contributed by atoms with E-state index in [4.69, 9.17) is 28.3 Å². The Morgan fingerprint density at radius 1 is 1.25 bits per heavy atom. The summed E-state index contributed by atoms with van der Waals surface area (Å²) in [5, 5.41) is 9.40. The molecular formula is C10H12Cl2O3S. The Morgan fingerprint density at radius 3 is 2.50 bits per heavy atom. The quantitative estimate of drug-likeness (QED) is 0.902. The molecule has 16 heavy (non-hydrogen) atoms. The molecule has 0 amide bonds. The van der Waals surface area contributed by atoms with E-state index in [2.05, 4.69) is 0 Å². The molecule has 0 atom stereocenters. The van der Waals surface area contributed by atoms with Gasteiger partial charge in [0.25, 0.3) is 0 Å². The maximum Gasteiger partial charge on any atom is 0.154 e. The van der Waals surface area contributed by atoms with E-state index in [1.807, 2.05) is 0 Å². The number of hydrogen-bond donors (Lipinski definition) is 1. The van der Waals surface area contributed by atoms with Gasteiger partial charge in [-0.15, -0.1) is 0 Å². The second-order valence-corrected chi connectivity index (χ2v) is 6.43. The number of aliphatic hydroxyl groups is 1. The summed E-state index contributed by atoms with van der Waals surface area (Å²) >= 11 is 11.6. The van der Waals surface area contributed by atoms with Crippen molar-refractivity contribution in [2.45, 2.75) is 12.2 Å². The van der Waals surface area contributed by atoms with E-state index < -0.39 is 9.84 Å². The van der Waals surface area contributed by atoms with Crippen LogP contribution in [-0.2, 0) is 15.6 Å². The molecule has 0 radical (unpaired) electrons. The SMILES string of the molecule is O=S(=O)(CCCO)Cc1ccc(Cl)cc1Cl. The highest BCUT2D eigenvalue weighted by Gasteiger charge is 2.13. The van der Waals surface area contributed by atoms with Gasteiger partial charge >= 0.3 is 0 Å². The van der Waals surface area contributed by atoms with Crippen LogP contribution in [0.25, 0.3) is 0 Å². The highest BCUT2D eigenvalue weighted by Crippen LogP contribution is 2.22. The fraction of sp³-hybridized carbons (Fsp3) is 0.400. The number of halogens is 2. The van der Waals surface area contributed by atoms with Crippen LogP contribution in [0.4, 0.5) is 0 Å². The summed E-state index contributed by atoms with van der Waals surface area (Å²) in [7, 11) is -3.22. The van der Waals surface area contributed by atoms with Gasteiger partial charge in [0.05, 0.1) is 11.5 Å². The average molecular weight is 283 g/mol. The van der Waals surface area contributed by atoms with E-state index in [9.17, 15) is 8.42 Å². The van der Waals surface area contributed by atoms with Gasteiger partial charge in [-0.25, -0.2) is 8.42 Å². The van der Waals surface area contributed by atoms with Crippen LogP contribution in [0, 0.1) is 0 Å². The molecule has 6 heteroatoms. The maximum absolute atomic E-state index is 11.6. The summed E-state index contributed by atoms with van der Waals surface area (Å²) in [5.41, 5.74) is 0.531. The van der Waals surface area contributed by atoms with Crippen LogP contribution in [0.5, 0.6) is 0 Å². The second kappa shape index (κ2) is 5.87. The van der Waals surface area contributed by atoms with E-state index in [0.717, 1.165) is 0 Å². The predicted molar refractivity (Wildman–Crippen MR) is 65.7 cm³/mol. The fourth-order valence-electron chi connectivity index (χ4n) is 1.23. The Bertz CT molecular complexity index is 457. The van der Waals surface area contributed by atoms with Crippen molar-refractivity contribution in [3.8, 4) is 0 Å². The summed E-state index contributed by atoms with van der Waals surface area (Å²) in [6, 6.07) is 4.71. The Morgan fingerprint density at radius 2 is 1.94 bits per heavy atom. The summed E-state index contributed by atoms with van der Waals surface area (Å²) in [4.78, 5) is 0. The van der Waals surface area contributed by atoms with Gasteiger partial charge in [-0.1, -0.05) is 29.3 Å². The molecule has 90 valence electrons. The molecule has 1 N–H and O–H groups in total. The number of aliphatic hydroxyl groups excluding tert-OH is 1. The second-order valence-electron chi connectivity index (χ2n) is 3.40. The van der Waals surface area contributed by atoms with E-state index in [1.54, 1.807) is 12.1 Å². The molecule has 0 bridgehead atoms. The number of benzene rings is 1. The van der Waals surface area contributed by atoms with Crippen LogP contribution in [0.1, 0.15) is 12.0 Å². The molecule has 1 aromatic carbocycles. The lowest BCUT2D eigenvalue weighted by Crippen LogP contribution is -2.10. The van der Waals surface area contributed by atoms with Crippen LogP contribution in [0.2, 0.25) is 10.0 Å². The van der Waals surface area contributed by atoms with Crippen molar-refractivity contribution < 1.29 is 13.5 Å². The zero-order chi connectivity index (χ0) is 12.2. The Balaban J connectivity index is 2.80. The lowest BCUT2D eigenvalue weighted by Gasteiger charge is -2.05. The molecule has 0 unspecified atom stereocenters. The third-order valence-electron chi connectivity index (χ3n) is 2.00. The first-order chi connectivity index (χ1) is 7.44. The van der Waals surface area contributed by atoms with Crippen molar-refractivity contribution >= 4 is 33.0 Å². The van der Waals surface area contributed by atoms with Crippen LogP contribution < -0.4 is 0 Å². The third-order valence-corrected chi connectivity index (χ3v) is 4.25. The lowest BCUT2D eigenvalue weighted by atomic mass is 10.2. The first-order valence-corrected chi connectivity index (χ1v) is 7.27. The van der Waals surface area contributed by atoms with Crippen LogP contribution >= 0.6 is 23.2 Å². The molecular weight excluding hydrogens is 271 g/mol. The molecule has 0 fully saturated rings. The minimum atomic E-state index is -3.22. The van der Waals surface area contributed by atoms with Crippen molar-refractivity contribution in [3.05, 3.63) is 33.8 Å². The van der Waals surface area contributed by atoms with E-state index in [-0.39, 0.29) is 24.5 Å². The summed E-state index contributed by atoms with van der Waals surface area (Å²) in [5.74, 6) is -0.161. The van der Waals surface area contributed by atoms with Gasteiger partial charge in [-0.3, -0.25) is 0 Å². The smallest absolute Gasteiger partial charge is 0.154 e. The number of hydrogen-bond acceptors (Lipinski definition) is 3. The van der Waals surface area contributed by atoms with Gasteiger partial charge in [0, 0.05) is 16.7 Å². The zero-order valence-corrected chi connectivity index (χ0v) is 10.8. The van der Waals surface area contributed by atoms with Crippen molar-refractivity contribution in [3.63, 3.8) is 0 Å². The zero-order valence-electron chi connectivity index (χ0n) is 8.49. The molecule has 0 heterocycles. The van der Waals surface area contributed by atoms with Crippen molar-refractivity contribution in [2.24, 2.45) is 0 Å². The molecule has 0 aliphatic carbocycles. The molecule has 3 nitrogen and oxygen atoms in total. The number of rotatable bonds is 5. The molecule has 1 aromatic rings. The highest BCUT2D eigenvalue weighted by atomic mass is 35.5. The Labute approximate surface area is 105 Å². The predicted octanol–water partition coefficient (Wildman–Crippen LogP) is 2.29. The fourth-order valence-corrected chi connectivity index (χ4v) is 3.23. The molecule has 0 saturated heterocycles. The molecule has 0 spiro atoms. The minimum Gasteiger partial charge on any atom is -0.396 e. The summed E-state index contributed by atoms with van der Waals surface area (Å²) < 4.78 is 23.2. The Hall–Kier alpha value is -0.290. The van der Waals surface area contributed by atoms with E-state index in [0.29, 0.717) is 15.6 Å². The van der Waals surface area contributed by atoms with Crippen LogP contribution in [0.15, 0.2) is 18.2 Å². The van der Waals surface area contributed by atoms with Crippen molar-refractivity contribution in [2.75, 3.05) is 12.4 Å². The topological polar surface area (TPSA) is 54.4 Å². The molecule has 0 aromatic heterocycles. The maximum atomic E-state index is 11.6. The normalized spacial score (nSPS) is 11.7. The van der Waals surface area contributed by atoms with Gasteiger partial charge in [0.2, 0.25) is 0 Å². The van der Waals surface area contributed by atoms with Gasteiger partial charge in [0.1, 0.15) is 0 Å². The van der Waals surface area contributed by atoms with Gasteiger partial charge in [-0.05, 0) is 24.1 Å². The van der Waals surface area contributed by atoms with Gasteiger partial charge in [-0.2, -0.15) is 0 Å². The highest BCUT2D eigenvalue weighted by molar-refractivity contribution is 7.90. The van der Waals surface area contributed by atoms with Crippen LogP contribution in [0.3, 0.4) is 0 Å². The molecule has 0 aliphatic rings. The van der Waals surface area contributed by atoms with Gasteiger partial charge in [0.15, 0.2) is 9.84 Å². The third kappa shape index (κ3) is 4.29. The largest absolute Gasteiger partial charge is 0.396 e. The monoisotopic (exact) mass is 282 g/mol. The lowest BCUT2D eigenvalue weighted by molar-refractivity contribution is 0.295. The van der Waals surface area contributed by atoms with Crippen molar-refractivity contribution in [1.29, 1.82) is 0 Å². The summed E-state index contributed by atoms with van der Waals surface area (Å²) in [6.45, 7) is -0.131. The minimum absolute atomic E-state index is 0.0392. The average Bonchev–Trinajstić information content (AvgIpc) is 2.19. The molecule has 0 aliphatic heterocycles. The standard InChI is InChI=1S/C10H12Cl2O3S/c11-9-3-2-8(10(12)6-9)7-16(14,15)5-1-4-13/h2-3,6,13H,1,4-5,7H2. The van der Waals surface area contributed by atoms with E-state index >= 15 is 0 Å². The van der Waals surface area contributed by atoms with Crippen molar-refractivity contribution in [1.82, 2.24) is 0 Å². The number of sulfone groups is 1. The first kappa shape index (κ1) is 13.8. The first-order valence-electron chi connectivity index (χ1n) is 4.70.